The van der Waals surface area contributed by atoms with E-state index in [1.54, 1.807) is 43.3 Å². The molecule has 130 valence electrons. The standard InChI is InChI=1S/C18H18N2O5/c1-11-4-3-5-15(17(11)23)18(24)25-10-16(22)20-14-8-6-13(7-9-14)19-12(2)21/h3-9,23H,10H2,1-2H3,(H,19,21)(H,20,22). The summed E-state index contributed by atoms with van der Waals surface area (Å²) in [5.74, 6) is -1.66. The lowest BCUT2D eigenvalue weighted by Crippen LogP contribution is -2.21. The maximum Gasteiger partial charge on any atom is 0.342 e. The molecule has 2 rings (SSSR count). The monoisotopic (exact) mass is 342 g/mol. The number of ether oxygens (including phenoxy) is 1. The van der Waals surface area contributed by atoms with E-state index in [4.69, 9.17) is 4.74 Å². The molecular formula is C18H18N2O5. The molecule has 0 radical (unpaired) electrons. The summed E-state index contributed by atoms with van der Waals surface area (Å²) >= 11 is 0. The number of rotatable bonds is 5. The van der Waals surface area contributed by atoms with E-state index in [0.717, 1.165) is 0 Å². The van der Waals surface area contributed by atoms with Crippen LogP contribution in [-0.4, -0.2) is 29.5 Å². The Balaban J connectivity index is 1.89. The number of anilines is 2. The quantitative estimate of drug-likeness (QED) is 0.724. The van der Waals surface area contributed by atoms with Crippen LogP contribution in [0.15, 0.2) is 42.5 Å². The van der Waals surface area contributed by atoms with Crippen molar-refractivity contribution in [2.45, 2.75) is 13.8 Å². The van der Waals surface area contributed by atoms with Gasteiger partial charge >= 0.3 is 5.97 Å². The summed E-state index contributed by atoms with van der Waals surface area (Å²) in [6.45, 7) is 2.57. The van der Waals surface area contributed by atoms with Gasteiger partial charge in [0.1, 0.15) is 11.3 Å². The Kier molecular flexibility index (Phi) is 5.73. The van der Waals surface area contributed by atoms with Gasteiger partial charge in [0.25, 0.3) is 5.91 Å². The van der Waals surface area contributed by atoms with E-state index in [9.17, 15) is 19.5 Å². The highest BCUT2D eigenvalue weighted by molar-refractivity contribution is 5.97. The largest absolute Gasteiger partial charge is 0.507 e. The summed E-state index contributed by atoms with van der Waals surface area (Å²) in [5, 5.41) is 15.0. The second-order valence-corrected chi connectivity index (χ2v) is 5.35. The van der Waals surface area contributed by atoms with Crippen LogP contribution >= 0.6 is 0 Å². The van der Waals surface area contributed by atoms with E-state index in [2.05, 4.69) is 10.6 Å². The minimum atomic E-state index is -0.780. The molecule has 0 unspecified atom stereocenters. The number of aromatic hydroxyl groups is 1. The molecule has 0 saturated heterocycles. The minimum absolute atomic E-state index is 0.00691. The number of carbonyl (C=O) groups excluding carboxylic acids is 3. The number of phenols is 1. The molecule has 0 spiro atoms. The SMILES string of the molecule is CC(=O)Nc1ccc(NC(=O)COC(=O)c2cccc(C)c2O)cc1. The third-order valence-electron chi connectivity index (χ3n) is 3.28. The second kappa shape index (κ2) is 7.96. The molecule has 2 aromatic rings. The van der Waals surface area contributed by atoms with Crippen LogP contribution in [-0.2, 0) is 14.3 Å². The van der Waals surface area contributed by atoms with Gasteiger partial charge in [-0.3, -0.25) is 9.59 Å². The number of aryl methyl sites for hydroxylation is 1. The summed E-state index contributed by atoms with van der Waals surface area (Å²) in [6, 6.07) is 11.2. The second-order valence-electron chi connectivity index (χ2n) is 5.35. The Bertz CT molecular complexity index is 800. The number of carbonyl (C=O) groups is 3. The fraction of sp³-hybridized carbons (Fsp3) is 0.167. The van der Waals surface area contributed by atoms with Crippen molar-refractivity contribution in [2.75, 3.05) is 17.2 Å². The van der Waals surface area contributed by atoms with Crippen LogP contribution in [0, 0.1) is 6.92 Å². The zero-order valence-corrected chi connectivity index (χ0v) is 13.8. The van der Waals surface area contributed by atoms with E-state index < -0.39 is 18.5 Å². The van der Waals surface area contributed by atoms with Gasteiger partial charge in [0.2, 0.25) is 5.91 Å². The van der Waals surface area contributed by atoms with Crippen molar-refractivity contribution in [1.82, 2.24) is 0 Å². The van der Waals surface area contributed by atoms with Gasteiger partial charge in [0, 0.05) is 18.3 Å². The van der Waals surface area contributed by atoms with Crippen LogP contribution < -0.4 is 10.6 Å². The highest BCUT2D eigenvalue weighted by Crippen LogP contribution is 2.22. The van der Waals surface area contributed by atoms with Crippen molar-refractivity contribution < 1.29 is 24.2 Å². The molecule has 0 atom stereocenters. The Morgan fingerprint density at radius 1 is 1.00 bits per heavy atom. The molecule has 2 amide bonds. The molecule has 0 heterocycles. The van der Waals surface area contributed by atoms with Gasteiger partial charge in [0.05, 0.1) is 0 Å². The first-order valence-corrected chi connectivity index (χ1v) is 7.50. The predicted octanol–water partition coefficient (Wildman–Crippen LogP) is 2.45. The molecule has 3 N–H and O–H groups in total. The van der Waals surface area contributed by atoms with Gasteiger partial charge in [0.15, 0.2) is 6.61 Å². The number of amides is 2. The van der Waals surface area contributed by atoms with Crippen molar-refractivity contribution in [3.05, 3.63) is 53.6 Å². The summed E-state index contributed by atoms with van der Waals surface area (Å²) in [7, 11) is 0. The van der Waals surface area contributed by atoms with Crippen LogP contribution in [0.5, 0.6) is 5.75 Å². The minimum Gasteiger partial charge on any atom is -0.507 e. The maximum absolute atomic E-state index is 11.9. The van der Waals surface area contributed by atoms with Crippen LogP contribution in [0.4, 0.5) is 11.4 Å². The molecule has 0 bridgehead atoms. The van der Waals surface area contributed by atoms with Crippen molar-refractivity contribution >= 4 is 29.2 Å². The molecule has 0 aliphatic carbocycles. The molecule has 0 saturated carbocycles. The van der Waals surface area contributed by atoms with Crippen molar-refractivity contribution in [3.8, 4) is 5.75 Å². The number of benzene rings is 2. The number of hydrogen-bond acceptors (Lipinski definition) is 5. The van der Waals surface area contributed by atoms with E-state index in [1.165, 1.54) is 13.0 Å². The lowest BCUT2D eigenvalue weighted by molar-refractivity contribution is -0.119. The molecule has 7 heteroatoms. The Hall–Kier alpha value is -3.35. The van der Waals surface area contributed by atoms with Gasteiger partial charge in [-0.05, 0) is 42.8 Å². The average Bonchev–Trinajstić information content (AvgIpc) is 2.56. The molecule has 25 heavy (non-hydrogen) atoms. The van der Waals surface area contributed by atoms with Gasteiger partial charge in [-0.15, -0.1) is 0 Å². The summed E-state index contributed by atoms with van der Waals surface area (Å²) in [6.07, 6.45) is 0. The maximum atomic E-state index is 11.9. The number of para-hydroxylation sites is 1. The predicted molar refractivity (Wildman–Crippen MR) is 92.5 cm³/mol. The third kappa shape index (κ3) is 5.07. The number of hydrogen-bond donors (Lipinski definition) is 3. The Morgan fingerprint density at radius 2 is 1.60 bits per heavy atom. The summed E-state index contributed by atoms with van der Waals surface area (Å²) in [4.78, 5) is 34.7. The third-order valence-corrected chi connectivity index (χ3v) is 3.28. The van der Waals surface area contributed by atoms with Crippen LogP contribution in [0.1, 0.15) is 22.8 Å². The smallest absolute Gasteiger partial charge is 0.342 e. The molecule has 0 fully saturated rings. The van der Waals surface area contributed by atoms with Gasteiger partial charge < -0.3 is 20.5 Å². The molecule has 2 aromatic carbocycles. The molecule has 0 aliphatic heterocycles. The number of phenolic OH excluding ortho intramolecular Hbond substituents is 1. The normalized spacial score (nSPS) is 10.0. The topological polar surface area (TPSA) is 105 Å². The summed E-state index contributed by atoms with van der Waals surface area (Å²) in [5.41, 5.74) is 1.64. The van der Waals surface area contributed by atoms with E-state index >= 15 is 0 Å². The average molecular weight is 342 g/mol. The van der Waals surface area contributed by atoms with Crippen LogP contribution in [0.3, 0.4) is 0 Å². The van der Waals surface area contributed by atoms with E-state index in [-0.39, 0.29) is 17.2 Å². The first kappa shape index (κ1) is 18.0. The summed E-state index contributed by atoms with van der Waals surface area (Å²) < 4.78 is 4.91. The number of esters is 1. The molecule has 0 aliphatic rings. The van der Waals surface area contributed by atoms with Crippen molar-refractivity contribution in [3.63, 3.8) is 0 Å². The van der Waals surface area contributed by atoms with Gasteiger partial charge in [-0.1, -0.05) is 12.1 Å². The van der Waals surface area contributed by atoms with Crippen LogP contribution in [0.25, 0.3) is 0 Å². The first-order valence-electron chi connectivity index (χ1n) is 7.50. The van der Waals surface area contributed by atoms with Crippen molar-refractivity contribution in [1.29, 1.82) is 0 Å². The number of nitrogens with one attached hydrogen (secondary N) is 2. The first-order chi connectivity index (χ1) is 11.9. The highest BCUT2D eigenvalue weighted by atomic mass is 16.5. The van der Waals surface area contributed by atoms with Crippen LogP contribution in [0.2, 0.25) is 0 Å². The van der Waals surface area contributed by atoms with Crippen molar-refractivity contribution in [2.24, 2.45) is 0 Å². The van der Waals surface area contributed by atoms with E-state index in [1.807, 2.05) is 0 Å². The lowest BCUT2D eigenvalue weighted by Gasteiger charge is -2.09. The Morgan fingerprint density at radius 3 is 2.20 bits per heavy atom. The van der Waals surface area contributed by atoms with Gasteiger partial charge in [-0.2, -0.15) is 0 Å². The molecule has 0 aromatic heterocycles. The fourth-order valence-electron chi connectivity index (χ4n) is 2.07. The fourth-order valence-corrected chi connectivity index (χ4v) is 2.07. The lowest BCUT2D eigenvalue weighted by atomic mass is 10.1. The van der Waals surface area contributed by atoms with Gasteiger partial charge in [-0.25, -0.2) is 4.79 Å². The zero-order valence-electron chi connectivity index (χ0n) is 13.8. The molecular weight excluding hydrogens is 324 g/mol. The highest BCUT2D eigenvalue weighted by Gasteiger charge is 2.15. The molecule has 7 nitrogen and oxygen atoms in total. The zero-order chi connectivity index (χ0) is 18.4. The Labute approximate surface area is 144 Å². The van der Waals surface area contributed by atoms with E-state index in [0.29, 0.717) is 16.9 Å².